The Hall–Kier alpha value is -1.06. The van der Waals surface area contributed by atoms with Crippen LogP contribution in [-0.2, 0) is 14.3 Å². The van der Waals surface area contributed by atoms with Gasteiger partial charge in [-0.25, -0.2) is 4.79 Å². The van der Waals surface area contributed by atoms with Gasteiger partial charge in [-0.15, -0.1) is 0 Å². The first-order chi connectivity index (χ1) is 9.54. The SMILES string of the molecule is COC(=O)C(NC(=O)CCCC1CCCCC1)C(C)C. The molecule has 0 saturated heterocycles. The molecule has 20 heavy (non-hydrogen) atoms. The second-order valence-corrected chi connectivity index (χ2v) is 6.21. The number of methoxy groups -OCH3 is 1. The van der Waals surface area contributed by atoms with Crippen LogP contribution in [-0.4, -0.2) is 25.0 Å². The lowest BCUT2D eigenvalue weighted by Gasteiger charge is -2.22. The number of carbonyl (C=O) groups excluding carboxylic acids is 2. The zero-order valence-electron chi connectivity index (χ0n) is 13.1. The summed E-state index contributed by atoms with van der Waals surface area (Å²) in [4.78, 5) is 23.5. The zero-order chi connectivity index (χ0) is 15.0. The predicted octanol–water partition coefficient (Wildman–Crippen LogP) is 3.05. The Labute approximate surface area is 122 Å². The molecule has 1 amide bonds. The Bertz CT molecular complexity index is 309. The lowest BCUT2D eigenvalue weighted by Crippen LogP contribution is -2.44. The predicted molar refractivity (Wildman–Crippen MR) is 79.2 cm³/mol. The molecule has 4 nitrogen and oxygen atoms in total. The average Bonchev–Trinajstić information content (AvgIpc) is 2.45. The van der Waals surface area contributed by atoms with Gasteiger partial charge >= 0.3 is 5.97 Å². The number of esters is 1. The highest BCUT2D eigenvalue weighted by atomic mass is 16.5. The minimum absolute atomic E-state index is 0.0371. The average molecular weight is 283 g/mol. The summed E-state index contributed by atoms with van der Waals surface area (Å²) in [6, 6.07) is -0.526. The van der Waals surface area contributed by atoms with E-state index in [1.807, 2.05) is 13.8 Å². The summed E-state index contributed by atoms with van der Waals surface area (Å²) in [7, 11) is 1.35. The molecule has 1 aliphatic carbocycles. The molecule has 1 atom stereocenters. The first-order valence-electron chi connectivity index (χ1n) is 7.91. The van der Waals surface area contributed by atoms with Crippen LogP contribution in [0.3, 0.4) is 0 Å². The standard InChI is InChI=1S/C16H29NO3/c1-12(2)15(16(19)20-3)17-14(18)11-7-10-13-8-5-4-6-9-13/h12-13,15H,4-11H2,1-3H3,(H,17,18). The van der Waals surface area contributed by atoms with Crippen molar-refractivity contribution in [3.63, 3.8) is 0 Å². The molecular formula is C16H29NO3. The molecule has 0 aromatic rings. The van der Waals surface area contributed by atoms with Crippen LogP contribution in [0, 0.1) is 11.8 Å². The molecule has 4 heteroatoms. The molecule has 1 saturated carbocycles. The zero-order valence-corrected chi connectivity index (χ0v) is 13.1. The van der Waals surface area contributed by atoms with Crippen LogP contribution in [0.5, 0.6) is 0 Å². The van der Waals surface area contributed by atoms with Gasteiger partial charge in [-0.3, -0.25) is 4.79 Å². The molecule has 1 rings (SSSR count). The lowest BCUT2D eigenvalue weighted by atomic mass is 9.86. The van der Waals surface area contributed by atoms with Crippen LogP contribution in [0.2, 0.25) is 0 Å². The molecular weight excluding hydrogens is 254 g/mol. The van der Waals surface area contributed by atoms with Gasteiger partial charge < -0.3 is 10.1 Å². The molecule has 0 aliphatic heterocycles. The Balaban J connectivity index is 2.25. The molecule has 0 heterocycles. The van der Waals surface area contributed by atoms with Crippen molar-refractivity contribution >= 4 is 11.9 Å². The summed E-state index contributed by atoms with van der Waals surface area (Å²) in [6.07, 6.45) is 9.25. The van der Waals surface area contributed by atoms with Crippen molar-refractivity contribution in [1.29, 1.82) is 0 Å². The highest BCUT2D eigenvalue weighted by Crippen LogP contribution is 2.27. The third-order valence-corrected chi connectivity index (χ3v) is 4.18. The fraction of sp³-hybridized carbons (Fsp3) is 0.875. The van der Waals surface area contributed by atoms with Crippen LogP contribution in [0.1, 0.15) is 65.2 Å². The molecule has 116 valence electrons. The van der Waals surface area contributed by atoms with E-state index in [1.54, 1.807) is 0 Å². The van der Waals surface area contributed by atoms with E-state index in [0.29, 0.717) is 6.42 Å². The Morgan fingerprint density at radius 2 is 1.85 bits per heavy atom. The van der Waals surface area contributed by atoms with Crippen LogP contribution < -0.4 is 5.32 Å². The first-order valence-corrected chi connectivity index (χ1v) is 7.91. The summed E-state index contributed by atoms with van der Waals surface area (Å²) in [5, 5.41) is 2.79. The highest BCUT2D eigenvalue weighted by Gasteiger charge is 2.24. The molecule has 1 fully saturated rings. The topological polar surface area (TPSA) is 55.4 Å². The highest BCUT2D eigenvalue weighted by molar-refractivity contribution is 5.84. The van der Waals surface area contributed by atoms with E-state index in [2.05, 4.69) is 5.32 Å². The third kappa shape index (κ3) is 5.93. The first kappa shape index (κ1) is 17.0. The van der Waals surface area contributed by atoms with Gasteiger partial charge in [0.2, 0.25) is 5.91 Å². The van der Waals surface area contributed by atoms with Gasteiger partial charge in [0.05, 0.1) is 7.11 Å². The molecule has 0 radical (unpaired) electrons. The molecule has 0 spiro atoms. The summed E-state index contributed by atoms with van der Waals surface area (Å²) in [5.74, 6) is 0.452. The summed E-state index contributed by atoms with van der Waals surface area (Å²) in [5.41, 5.74) is 0. The van der Waals surface area contributed by atoms with Crippen molar-refractivity contribution in [3.05, 3.63) is 0 Å². The van der Waals surface area contributed by atoms with E-state index in [4.69, 9.17) is 4.74 Å². The molecule has 1 unspecified atom stereocenters. The number of amides is 1. The smallest absolute Gasteiger partial charge is 0.328 e. The molecule has 1 aliphatic rings. The van der Waals surface area contributed by atoms with Crippen molar-refractivity contribution < 1.29 is 14.3 Å². The number of hydrogen-bond acceptors (Lipinski definition) is 3. The summed E-state index contributed by atoms with van der Waals surface area (Å²) in [6.45, 7) is 3.81. The molecule has 0 bridgehead atoms. The second kappa shape index (κ2) is 8.98. The van der Waals surface area contributed by atoms with Gasteiger partial charge in [0, 0.05) is 6.42 Å². The Morgan fingerprint density at radius 3 is 2.40 bits per heavy atom. The van der Waals surface area contributed by atoms with E-state index in [-0.39, 0.29) is 17.8 Å². The van der Waals surface area contributed by atoms with Crippen molar-refractivity contribution in [1.82, 2.24) is 5.32 Å². The maximum Gasteiger partial charge on any atom is 0.328 e. The van der Waals surface area contributed by atoms with Crippen LogP contribution in [0.15, 0.2) is 0 Å². The van der Waals surface area contributed by atoms with Gasteiger partial charge in [0.1, 0.15) is 6.04 Å². The van der Waals surface area contributed by atoms with E-state index in [9.17, 15) is 9.59 Å². The fourth-order valence-corrected chi connectivity index (χ4v) is 2.90. The van der Waals surface area contributed by atoms with Gasteiger partial charge in [-0.1, -0.05) is 46.0 Å². The van der Waals surface area contributed by atoms with Gasteiger partial charge in [0.25, 0.3) is 0 Å². The number of nitrogens with one attached hydrogen (secondary N) is 1. The van der Waals surface area contributed by atoms with Crippen molar-refractivity contribution in [2.45, 2.75) is 71.3 Å². The number of carbonyl (C=O) groups is 2. The van der Waals surface area contributed by atoms with Gasteiger partial charge in [-0.2, -0.15) is 0 Å². The maximum absolute atomic E-state index is 11.9. The van der Waals surface area contributed by atoms with Crippen molar-refractivity contribution in [3.8, 4) is 0 Å². The maximum atomic E-state index is 11.9. The van der Waals surface area contributed by atoms with Crippen molar-refractivity contribution in [2.24, 2.45) is 11.8 Å². The van der Waals surface area contributed by atoms with E-state index in [1.165, 1.54) is 39.2 Å². The molecule has 0 aromatic carbocycles. The fourth-order valence-electron chi connectivity index (χ4n) is 2.90. The second-order valence-electron chi connectivity index (χ2n) is 6.21. The van der Waals surface area contributed by atoms with Crippen molar-refractivity contribution in [2.75, 3.05) is 7.11 Å². The van der Waals surface area contributed by atoms with Gasteiger partial charge in [-0.05, 0) is 24.7 Å². The van der Waals surface area contributed by atoms with E-state index >= 15 is 0 Å². The number of ether oxygens (including phenoxy) is 1. The van der Waals surface area contributed by atoms with E-state index < -0.39 is 6.04 Å². The largest absolute Gasteiger partial charge is 0.467 e. The number of rotatable bonds is 7. The van der Waals surface area contributed by atoms with Crippen LogP contribution >= 0.6 is 0 Å². The Morgan fingerprint density at radius 1 is 1.20 bits per heavy atom. The molecule has 1 N–H and O–H groups in total. The Kier molecular flexibility index (Phi) is 7.63. The monoisotopic (exact) mass is 283 g/mol. The molecule has 0 aromatic heterocycles. The summed E-state index contributed by atoms with van der Waals surface area (Å²) < 4.78 is 4.72. The summed E-state index contributed by atoms with van der Waals surface area (Å²) >= 11 is 0. The third-order valence-electron chi connectivity index (χ3n) is 4.18. The minimum atomic E-state index is -0.526. The lowest BCUT2D eigenvalue weighted by molar-refractivity contribution is -0.146. The quantitative estimate of drug-likeness (QED) is 0.731. The minimum Gasteiger partial charge on any atom is -0.467 e. The van der Waals surface area contributed by atoms with Crippen LogP contribution in [0.25, 0.3) is 0 Å². The van der Waals surface area contributed by atoms with Gasteiger partial charge in [0.15, 0.2) is 0 Å². The van der Waals surface area contributed by atoms with Crippen LogP contribution in [0.4, 0.5) is 0 Å². The number of hydrogen-bond donors (Lipinski definition) is 1. The van der Waals surface area contributed by atoms with E-state index in [0.717, 1.165) is 18.8 Å². The normalized spacial score (nSPS) is 17.8.